The van der Waals surface area contributed by atoms with Crippen LogP contribution in [0.4, 0.5) is 5.69 Å². The number of carbonyl (C=O) groups is 2. The number of halogens is 2. The second-order valence-electron chi connectivity index (χ2n) is 5.16. The van der Waals surface area contributed by atoms with Crippen LogP contribution in [0, 0.1) is 5.92 Å². The normalized spacial score (nSPS) is 15.9. The van der Waals surface area contributed by atoms with E-state index in [0.29, 0.717) is 48.1 Å². The number of likely N-dealkylation sites (tertiary alicyclic amines) is 1. The monoisotopic (exact) mass is 328 g/mol. The van der Waals surface area contributed by atoms with Gasteiger partial charge in [-0.3, -0.25) is 9.59 Å². The number of carbonyl (C=O) groups excluding carboxylic acids is 2. The van der Waals surface area contributed by atoms with E-state index in [1.54, 1.807) is 18.2 Å². The molecule has 1 N–H and O–H groups in total. The van der Waals surface area contributed by atoms with Gasteiger partial charge in [0.2, 0.25) is 11.8 Å². The van der Waals surface area contributed by atoms with Crippen molar-refractivity contribution < 1.29 is 9.59 Å². The molecule has 0 radical (unpaired) electrons. The molecule has 0 saturated carbocycles. The number of nitrogens with one attached hydrogen (secondary N) is 1. The average Bonchev–Trinajstić information content (AvgIpc) is 2.45. The Kier molecular flexibility index (Phi) is 5.48. The smallest absolute Gasteiger partial charge is 0.227 e. The fourth-order valence-corrected chi connectivity index (χ4v) is 3.01. The molecular formula is C15H18Cl2N2O2. The van der Waals surface area contributed by atoms with Gasteiger partial charge in [0.25, 0.3) is 0 Å². The molecule has 1 heterocycles. The van der Waals surface area contributed by atoms with Gasteiger partial charge in [0, 0.05) is 41.2 Å². The highest BCUT2D eigenvalue weighted by Gasteiger charge is 2.26. The van der Waals surface area contributed by atoms with Crippen LogP contribution in [0.25, 0.3) is 0 Å². The van der Waals surface area contributed by atoms with Crippen molar-refractivity contribution in [3.8, 4) is 0 Å². The van der Waals surface area contributed by atoms with Crippen LogP contribution < -0.4 is 5.32 Å². The zero-order valence-corrected chi connectivity index (χ0v) is 13.4. The first-order valence-electron chi connectivity index (χ1n) is 7.04. The van der Waals surface area contributed by atoms with Crippen LogP contribution in [0.3, 0.4) is 0 Å². The number of benzene rings is 1. The van der Waals surface area contributed by atoms with E-state index in [0.717, 1.165) is 0 Å². The summed E-state index contributed by atoms with van der Waals surface area (Å²) in [7, 11) is 0. The molecule has 0 bridgehead atoms. The lowest BCUT2D eigenvalue weighted by Crippen LogP contribution is -2.41. The van der Waals surface area contributed by atoms with E-state index in [1.807, 2.05) is 11.8 Å². The van der Waals surface area contributed by atoms with Gasteiger partial charge >= 0.3 is 0 Å². The Hall–Kier alpha value is -1.26. The van der Waals surface area contributed by atoms with E-state index in [1.165, 1.54) is 0 Å². The zero-order chi connectivity index (χ0) is 15.4. The number of hydrogen-bond acceptors (Lipinski definition) is 2. The first-order chi connectivity index (χ1) is 9.99. The van der Waals surface area contributed by atoms with Gasteiger partial charge in [-0.05, 0) is 31.0 Å². The minimum absolute atomic E-state index is 0.0445. The number of piperidine rings is 1. The molecule has 0 spiro atoms. The van der Waals surface area contributed by atoms with Gasteiger partial charge in [-0.25, -0.2) is 0 Å². The van der Waals surface area contributed by atoms with E-state index in [4.69, 9.17) is 23.2 Å². The molecule has 0 atom stereocenters. The number of anilines is 1. The van der Waals surface area contributed by atoms with Crippen LogP contribution in [-0.2, 0) is 9.59 Å². The first kappa shape index (κ1) is 16.1. The van der Waals surface area contributed by atoms with Crippen molar-refractivity contribution in [2.24, 2.45) is 5.92 Å². The topological polar surface area (TPSA) is 49.4 Å². The third-order valence-electron chi connectivity index (χ3n) is 3.65. The van der Waals surface area contributed by atoms with Crippen LogP contribution >= 0.6 is 23.2 Å². The summed E-state index contributed by atoms with van der Waals surface area (Å²) >= 11 is 11.8. The Labute approximate surface area is 134 Å². The summed E-state index contributed by atoms with van der Waals surface area (Å²) in [4.78, 5) is 25.7. The molecule has 2 amide bonds. The van der Waals surface area contributed by atoms with Crippen molar-refractivity contribution in [1.29, 1.82) is 0 Å². The Morgan fingerprint density at radius 2 is 1.76 bits per heavy atom. The van der Waals surface area contributed by atoms with E-state index in [2.05, 4.69) is 5.32 Å². The number of amides is 2. The fourth-order valence-electron chi connectivity index (χ4n) is 2.49. The summed E-state index contributed by atoms with van der Waals surface area (Å²) in [5, 5.41) is 3.81. The minimum Gasteiger partial charge on any atom is -0.343 e. The third kappa shape index (κ3) is 4.35. The van der Waals surface area contributed by atoms with E-state index >= 15 is 0 Å². The SMILES string of the molecule is CCC(=O)N1CCC(C(=O)Nc2cc(Cl)cc(Cl)c2)CC1. The molecule has 6 heteroatoms. The van der Waals surface area contributed by atoms with Gasteiger partial charge in [-0.2, -0.15) is 0 Å². The first-order valence-corrected chi connectivity index (χ1v) is 7.80. The Morgan fingerprint density at radius 3 is 2.29 bits per heavy atom. The maximum atomic E-state index is 12.2. The number of nitrogens with zero attached hydrogens (tertiary/aromatic N) is 1. The predicted molar refractivity (Wildman–Crippen MR) is 84.7 cm³/mol. The van der Waals surface area contributed by atoms with Crippen molar-refractivity contribution in [1.82, 2.24) is 4.90 Å². The van der Waals surface area contributed by atoms with Gasteiger partial charge in [0.05, 0.1) is 0 Å². The average molecular weight is 329 g/mol. The largest absolute Gasteiger partial charge is 0.343 e. The second-order valence-corrected chi connectivity index (χ2v) is 6.03. The van der Waals surface area contributed by atoms with Gasteiger partial charge in [-0.15, -0.1) is 0 Å². The third-order valence-corrected chi connectivity index (χ3v) is 4.09. The van der Waals surface area contributed by atoms with Gasteiger partial charge in [-0.1, -0.05) is 30.1 Å². The maximum absolute atomic E-state index is 12.2. The van der Waals surface area contributed by atoms with Gasteiger partial charge in [0.1, 0.15) is 0 Å². The maximum Gasteiger partial charge on any atom is 0.227 e. The Morgan fingerprint density at radius 1 is 1.19 bits per heavy atom. The molecule has 1 aliphatic heterocycles. The summed E-state index contributed by atoms with van der Waals surface area (Å²) in [6.07, 6.45) is 1.88. The van der Waals surface area contributed by atoms with Crippen molar-refractivity contribution in [3.63, 3.8) is 0 Å². The lowest BCUT2D eigenvalue weighted by Gasteiger charge is -2.31. The second kappa shape index (κ2) is 7.14. The van der Waals surface area contributed by atoms with Crippen LogP contribution in [-0.4, -0.2) is 29.8 Å². The van der Waals surface area contributed by atoms with Crippen molar-refractivity contribution >= 4 is 40.7 Å². The van der Waals surface area contributed by atoms with Crippen molar-refractivity contribution in [3.05, 3.63) is 28.2 Å². The molecule has 114 valence electrons. The highest BCUT2D eigenvalue weighted by Crippen LogP contribution is 2.24. The van der Waals surface area contributed by atoms with Crippen molar-refractivity contribution in [2.75, 3.05) is 18.4 Å². The molecule has 2 rings (SSSR count). The van der Waals surface area contributed by atoms with Gasteiger partial charge < -0.3 is 10.2 Å². The van der Waals surface area contributed by atoms with Crippen molar-refractivity contribution in [2.45, 2.75) is 26.2 Å². The summed E-state index contributed by atoms with van der Waals surface area (Å²) in [5.74, 6) is 0.0241. The standard InChI is InChI=1S/C15H18Cl2N2O2/c1-2-14(20)19-5-3-10(4-6-19)15(21)18-13-8-11(16)7-12(17)9-13/h7-10H,2-6H2,1H3,(H,18,21). The molecule has 0 unspecified atom stereocenters. The lowest BCUT2D eigenvalue weighted by atomic mass is 9.95. The predicted octanol–water partition coefficient (Wildman–Crippen LogP) is 3.58. The van der Waals surface area contributed by atoms with E-state index < -0.39 is 0 Å². The molecule has 1 aromatic carbocycles. The zero-order valence-electron chi connectivity index (χ0n) is 11.9. The summed E-state index contributed by atoms with van der Waals surface area (Å²) in [5.41, 5.74) is 0.601. The molecule has 4 nitrogen and oxygen atoms in total. The molecule has 0 aliphatic carbocycles. The molecule has 1 aromatic rings. The molecule has 1 fully saturated rings. The van der Waals surface area contributed by atoms with Crippen LogP contribution in [0.15, 0.2) is 18.2 Å². The number of rotatable bonds is 3. The summed E-state index contributed by atoms with van der Waals surface area (Å²) in [6, 6.07) is 4.95. The van der Waals surface area contributed by atoms with Crippen LogP contribution in [0.2, 0.25) is 10.0 Å². The van der Waals surface area contributed by atoms with Crippen LogP contribution in [0.1, 0.15) is 26.2 Å². The highest BCUT2D eigenvalue weighted by molar-refractivity contribution is 6.35. The highest BCUT2D eigenvalue weighted by atomic mass is 35.5. The minimum atomic E-state index is -0.0799. The summed E-state index contributed by atoms with van der Waals surface area (Å²) < 4.78 is 0. The van der Waals surface area contributed by atoms with Gasteiger partial charge in [0.15, 0.2) is 0 Å². The Bertz CT molecular complexity index is 520. The van der Waals surface area contributed by atoms with Crippen LogP contribution in [0.5, 0.6) is 0 Å². The summed E-state index contributed by atoms with van der Waals surface area (Å²) in [6.45, 7) is 3.13. The van der Waals surface area contributed by atoms with E-state index in [9.17, 15) is 9.59 Å². The molecular weight excluding hydrogens is 311 g/mol. The fraction of sp³-hybridized carbons (Fsp3) is 0.467. The number of hydrogen-bond donors (Lipinski definition) is 1. The van der Waals surface area contributed by atoms with E-state index in [-0.39, 0.29) is 17.7 Å². The molecule has 21 heavy (non-hydrogen) atoms. The quantitative estimate of drug-likeness (QED) is 0.921. The molecule has 1 aliphatic rings. The molecule has 1 saturated heterocycles. The lowest BCUT2D eigenvalue weighted by molar-refractivity contribution is -0.134. The molecule has 0 aromatic heterocycles. The Balaban J connectivity index is 1.91.